The van der Waals surface area contributed by atoms with Crippen molar-refractivity contribution in [3.05, 3.63) is 56.5 Å². The van der Waals surface area contributed by atoms with Crippen LogP contribution >= 0.6 is 46.6 Å². The molecule has 0 saturated carbocycles. The number of rotatable bonds is 5. The summed E-state index contributed by atoms with van der Waals surface area (Å²) in [6, 6.07) is 13.1. The fraction of sp³-hybridized carbons (Fsp3) is 0.100. The maximum absolute atomic E-state index is 12.8. The Bertz CT molecular complexity index is 967. The molecule has 0 aliphatic carbocycles. The number of methoxy groups -OCH3 is 1. The van der Waals surface area contributed by atoms with Gasteiger partial charge in [0.25, 0.3) is 5.91 Å². The monoisotopic (exact) mass is 507 g/mol. The summed E-state index contributed by atoms with van der Waals surface area (Å²) in [7, 11) is 1.56. The van der Waals surface area contributed by atoms with Crippen molar-refractivity contribution < 1.29 is 14.3 Å². The van der Waals surface area contributed by atoms with Crippen LogP contribution in [0.4, 0.5) is 5.69 Å². The number of halogens is 1. The number of thiocarbonyl (C=S) groups is 1. The van der Waals surface area contributed by atoms with Crippen molar-refractivity contribution >= 4 is 68.6 Å². The van der Waals surface area contributed by atoms with Gasteiger partial charge in [0.05, 0.1) is 21.3 Å². The number of carbonyl (C=O) groups is 1. The molecule has 0 radical (unpaired) electrons. The molecule has 2 aromatic rings. The van der Waals surface area contributed by atoms with E-state index in [1.165, 1.54) is 11.8 Å². The highest BCUT2D eigenvalue weighted by Gasteiger charge is 2.33. The van der Waals surface area contributed by atoms with Crippen LogP contribution in [0.1, 0.15) is 5.56 Å². The molecule has 3 rings (SSSR count). The number of hydrogen-bond donors (Lipinski definition) is 0. The first-order valence-corrected chi connectivity index (χ1v) is 10.1. The van der Waals surface area contributed by atoms with Crippen LogP contribution in [-0.4, -0.2) is 23.9 Å². The lowest BCUT2D eigenvalue weighted by molar-refractivity contribution is -0.113. The lowest BCUT2D eigenvalue weighted by atomic mass is 10.2. The predicted molar refractivity (Wildman–Crippen MR) is 122 cm³/mol. The molecule has 7 heteroatoms. The number of benzene rings is 2. The Morgan fingerprint density at radius 3 is 2.74 bits per heavy atom. The van der Waals surface area contributed by atoms with Gasteiger partial charge >= 0.3 is 0 Å². The third-order valence-corrected chi connectivity index (χ3v) is 5.76. The number of amides is 1. The van der Waals surface area contributed by atoms with Gasteiger partial charge in [-0.2, -0.15) is 0 Å². The quantitative estimate of drug-likeness (QED) is 0.254. The summed E-state index contributed by atoms with van der Waals surface area (Å²) in [5.41, 5.74) is 1.58. The lowest BCUT2D eigenvalue weighted by Gasteiger charge is -2.14. The van der Waals surface area contributed by atoms with E-state index >= 15 is 0 Å². The standard InChI is InChI=1S/C20H14INO3S2/c1-3-9-25-18-15(21)10-13(11-16(18)24-2)12-17-19(23)22(20(26)27-17)14-7-5-4-6-8-14/h1,4-8,10-12H,9H2,2H3/b17-12+. The van der Waals surface area contributed by atoms with E-state index in [0.717, 1.165) is 14.8 Å². The molecule has 0 bridgehead atoms. The maximum Gasteiger partial charge on any atom is 0.270 e. The molecular weight excluding hydrogens is 493 g/mol. The minimum absolute atomic E-state index is 0.141. The summed E-state index contributed by atoms with van der Waals surface area (Å²) in [6.45, 7) is 0.154. The van der Waals surface area contributed by atoms with Crippen LogP contribution < -0.4 is 14.4 Å². The number of para-hydroxylation sites is 1. The second-order valence-electron chi connectivity index (χ2n) is 5.38. The largest absolute Gasteiger partial charge is 0.493 e. The zero-order chi connectivity index (χ0) is 19.4. The minimum atomic E-state index is -0.141. The zero-order valence-electron chi connectivity index (χ0n) is 14.3. The van der Waals surface area contributed by atoms with Crippen LogP contribution in [0.15, 0.2) is 47.4 Å². The number of terminal acetylenes is 1. The van der Waals surface area contributed by atoms with Gasteiger partial charge in [-0.05, 0) is 58.5 Å². The van der Waals surface area contributed by atoms with E-state index < -0.39 is 0 Å². The lowest BCUT2D eigenvalue weighted by Crippen LogP contribution is -2.27. The number of hydrogen-bond acceptors (Lipinski definition) is 5. The second-order valence-corrected chi connectivity index (χ2v) is 8.22. The van der Waals surface area contributed by atoms with Crippen molar-refractivity contribution in [1.82, 2.24) is 0 Å². The summed E-state index contributed by atoms with van der Waals surface area (Å²) in [4.78, 5) is 14.9. The van der Waals surface area contributed by atoms with Gasteiger partial charge in [0, 0.05) is 0 Å². The van der Waals surface area contributed by atoms with E-state index in [1.54, 1.807) is 18.1 Å². The highest BCUT2D eigenvalue weighted by Crippen LogP contribution is 2.38. The van der Waals surface area contributed by atoms with Crippen molar-refractivity contribution in [3.8, 4) is 23.8 Å². The average Bonchev–Trinajstić information content (AvgIpc) is 2.94. The van der Waals surface area contributed by atoms with Crippen molar-refractivity contribution in [2.75, 3.05) is 18.6 Å². The Morgan fingerprint density at radius 2 is 2.07 bits per heavy atom. The van der Waals surface area contributed by atoms with Gasteiger partial charge in [-0.3, -0.25) is 9.69 Å². The molecule has 2 aromatic carbocycles. The van der Waals surface area contributed by atoms with Crippen LogP contribution in [0.3, 0.4) is 0 Å². The zero-order valence-corrected chi connectivity index (χ0v) is 18.1. The molecule has 0 unspecified atom stereocenters. The van der Waals surface area contributed by atoms with Crippen LogP contribution in [0, 0.1) is 15.9 Å². The Labute approximate surface area is 181 Å². The smallest absolute Gasteiger partial charge is 0.270 e. The molecule has 1 aliphatic rings. The summed E-state index contributed by atoms with van der Waals surface area (Å²) < 4.78 is 12.3. The second kappa shape index (κ2) is 8.78. The van der Waals surface area contributed by atoms with Crippen LogP contribution in [0.2, 0.25) is 0 Å². The first kappa shape index (κ1) is 19.7. The highest BCUT2D eigenvalue weighted by molar-refractivity contribution is 14.1. The van der Waals surface area contributed by atoms with Crippen LogP contribution in [0.25, 0.3) is 6.08 Å². The van der Waals surface area contributed by atoms with E-state index in [-0.39, 0.29) is 12.5 Å². The van der Waals surface area contributed by atoms with Gasteiger partial charge in [-0.25, -0.2) is 0 Å². The molecule has 1 saturated heterocycles. The third kappa shape index (κ3) is 4.29. The molecule has 1 amide bonds. The Hall–Kier alpha value is -2.02. The number of carbonyl (C=O) groups excluding carboxylic acids is 1. The summed E-state index contributed by atoms with van der Waals surface area (Å²) >= 11 is 8.83. The van der Waals surface area contributed by atoms with Gasteiger partial charge in [-0.1, -0.05) is 48.1 Å². The molecule has 0 aromatic heterocycles. The topological polar surface area (TPSA) is 38.8 Å². The Balaban J connectivity index is 1.93. The van der Waals surface area contributed by atoms with Gasteiger partial charge in [0.2, 0.25) is 0 Å². The minimum Gasteiger partial charge on any atom is -0.493 e. The molecule has 27 heavy (non-hydrogen) atoms. The maximum atomic E-state index is 12.8. The van der Waals surface area contributed by atoms with E-state index in [2.05, 4.69) is 28.5 Å². The number of ether oxygens (including phenoxy) is 2. The Kier molecular flexibility index (Phi) is 6.42. The van der Waals surface area contributed by atoms with E-state index in [4.69, 9.17) is 28.1 Å². The summed E-state index contributed by atoms with van der Waals surface area (Å²) in [5.74, 6) is 3.44. The van der Waals surface area contributed by atoms with Crippen molar-refractivity contribution in [1.29, 1.82) is 0 Å². The first-order chi connectivity index (χ1) is 13.0. The fourth-order valence-electron chi connectivity index (χ4n) is 2.50. The van der Waals surface area contributed by atoms with Crippen molar-refractivity contribution in [2.24, 2.45) is 0 Å². The Morgan fingerprint density at radius 1 is 1.33 bits per heavy atom. The normalized spacial score (nSPS) is 15.1. The number of anilines is 1. The highest BCUT2D eigenvalue weighted by atomic mass is 127. The van der Waals surface area contributed by atoms with Crippen LogP contribution in [-0.2, 0) is 4.79 Å². The molecular formula is C20H14INO3S2. The van der Waals surface area contributed by atoms with Crippen molar-refractivity contribution in [3.63, 3.8) is 0 Å². The number of thioether (sulfide) groups is 1. The molecule has 4 nitrogen and oxygen atoms in total. The number of nitrogens with zero attached hydrogens (tertiary/aromatic N) is 1. The van der Waals surface area contributed by atoms with Crippen LogP contribution in [0.5, 0.6) is 11.5 Å². The molecule has 1 heterocycles. The average molecular weight is 507 g/mol. The summed E-state index contributed by atoms with van der Waals surface area (Å²) in [5, 5.41) is 0. The fourth-order valence-corrected chi connectivity index (χ4v) is 4.58. The molecule has 0 atom stereocenters. The predicted octanol–water partition coefficient (Wildman–Crippen LogP) is 4.72. The molecule has 0 N–H and O–H groups in total. The van der Waals surface area contributed by atoms with Gasteiger partial charge in [0.15, 0.2) is 15.8 Å². The van der Waals surface area contributed by atoms with E-state index in [0.29, 0.717) is 20.7 Å². The van der Waals surface area contributed by atoms with E-state index in [9.17, 15) is 4.79 Å². The first-order valence-electron chi connectivity index (χ1n) is 7.82. The molecule has 0 spiro atoms. The summed E-state index contributed by atoms with van der Waals surface area (Å²) in [6.07, 6.45) is 7.06. The SMILES string of the molecule is C#CCOc1c(I)cc(/C=C2/SC(=S)N(c3ccccc3)C2=O)cc1OC. The van der Waals surface area contributed by atoms with Gasteiger partial charge in [-0.15, -0.1) is 6.42 Å². The molecule has 1 aliphatic heterocycles. The van der Waals surface area contributed by atoms with Crippen molar-refractivity contribution in [2.45, 2.75) is 0 Å². The third-order valence-electron chi connectivity index (χ3n) is 3.66. The van der Waals surface area contributed by atoms with Gasteiger partial charge in [0.1, 0.15) is 6.61 Å². The molecule has 136 valence electrons. The van der Waals surface area contributed by atoms with E-state index in [1.807, 2.05) is 42.5 Å². The van der Waals surface area contributed by atoms with Gasteiger partial charge < -0.3 is 9.47 Å². The molecule has 1 fully saturated rings.